The van der Waals surface area contributed by atoms with Crippen molar-refractivity contribution in [1.82, 2.24) is 19.4 Å². The molecule has 0 spiro atoms. The Morgan fingerprint density at radius 3 is 2.42 bits per heavy atom. The molecule has 3 heterocycles. The van der Waals surface area contributed by atoms with Crippen LogP contribution in [0.3, 0.4) is 0 Å². The number of carbonyl (C=O) groups is 2. The lowest BCUT2D eigenvalue weighted by Crippen LogP contribution is -2.48. The average molecular weight is 541 g/mol. The number of benzene rings is 3. The van der Waals surface area contributed by atoms with Crippen LogP contribution in [0.25, 0.3) is 11.0 Å². The van der Waals surface area contributed by atoms with E-state index in [4.69, 9.17) is 14.5 Å². The number of nitrogens with zero attached hydrogens (tertiary/aromatic N) is 4. The molecule has 2 aliphatic rings. The van der Waals surface area contributed by atoms with E-state index >= 15 is 0 Å². The first kappa shape index (κ1) is 26.0. The van der Waals surface area contributed by atoms with Gasteiger partial charge in [0.05, 0.1) is 35.8 Å². The van der Waals surface area contributed by atoms with E-state index in [1.807, 2.05) is 54.3 Å². The molecule has 206 valence electrons. The Morgan fingerprint density at radius 2 is 1.73 bits per heavy atom. The van der Waals surface area contributed by atoms with Crippen LogP contribution in [-0.4, -0.2) is 75.2 Å². The molecule has 40 heavy (non-hydrogen) atoms. The molecule has 0 bridgehead atoms. The quantitative estimate of drug-likeness (QED) is 0.349. The van der Waals surface area contributed by atoms with Gasteiger partial charge in [-0.05, 0) is 67.4 Å². The third-order valence-corrected chi connectivity index (χ3v) is 7.58. The third-order valence-electron chi connectivity index (χ3n) is 7.58. The summed E-state index contributed by atoms with van der Waals surface area (Å²) >= 11 is 0. The first-order chi connectivity index (χ1) is 19.4. The lowest BCUT2D eigenvalue weighted by atomic mass is 10.1. The zero-order valence-corrected chi connectivity index (χ0v) is 22.5. The highest BCUT2D eigenvalue weighted by molar-refractivity contribution is 5.95. The van der Waals surface area contributed by atoms with Crippen LogP contribution in [0.15, 0.2) is 66.7 Å². The number of aromatic nitrogens is 2. The Hall–Kier alpha value is -4.21. The highest BCUT2D eigenvalue weighted by Crippen LogP contribution is 2.25. The van der Waals surface area contributed by atoms with Crippen LogP contribution >= 0.6 is 0 Å². The predicted molar refractivity (Wildman–Crippen MR) is 150 cm³/mol. The van der Waals surface area contributed by atoms with Gasteiger partial charge >= 0.3 is 5.97 Å². The largest absolute Gasteiger partial charge is 0.478 e. The van der Waals surface area contributed by atoms with E-state index in [-0.39, 0.29) is 17.6 Å². The van der Waals surface area contributed by atoms with Crippen LogP contribution in [0.5, 0.6) is 11.5 Å². The van der Waals surface area contributed by atoms with Gasteiger partial charge < -0.3 is 24.0 Å². The molecule has 3 aromatic carbocycles. The summed E-state index contributed by atoms with van der Waals surface area (Å²) in [6, 6.07) is 20.2. The van der Waals surface area contributed by atoms with Crippen LogP contribution in [0, 0.1) is 6.92 Å². The van der Waals surface area contributed by atoms with Gasteiger partial charge in [-0.25, -0.2) is 9.78 Å². The standard InChI is InChI=1S/C31H32N4O5/c1-21-4-2-6-24(16-21)40-25-7-3-5-22(17-25)30(36)34-13-11-33(12-14-34)20-29-32-27-9-8-23(31(37)38)18-28(27)35(29)19-26-10-15-39-26/h2-9,16-18,26H,10-15,19-20H2,1H3,(H,37,38)/t26-/m0/s1. The molecule has 0 saturated carbocycles. The molecule has 1 N–H and O–H groups in total. The lowest BCUT2D eigenvalue weighted by molar-refractivity contribution is -0.0592. The molecule has 1 aromatic heterocycles. The summed E-state index contributed by atoms with van der Waals surface area (Å²) in [6.07, 6.45) is 1.10. The second-order valence-corrected chi connectivity index (χ2v) is 10.4. The molecule has 4 aromatic rings. The molecule has 2 aliphatic heterocycles. The van der Waals surface area contributed by atoms with Gasteiger partial charge in [0.25, 0.3) is 5.91 Å². The van der Waals surface area contributed by atoms with Gasteiger partial charge in [0.1, 0.15) is 17.3 Å². The van der Waals surface area contributed by atoms with Crippen molar-refractivity contribution in [3.63, 3.8) is 0 Å². The smallest absolute Gasteiger partial charge is 0.335 e. The van der Waals surface area contributed by atoms with Gasteiger partial charge in [-0.1, -0.05) is 18.2 Å². The molecule has 1 amide bonds. The number of aromatic carboxylic acids is 1. The molecule has 9 heteroatoms. The number of piperazine rings is 1. The molecular weight excluding hydrogens is 508 g/mol. The second kappa shape index (κ2) is 11.1. The normalized spacial score (nSPS) is 17.5. The topological polar surface area (TPSA) is 97.1 Å². The summed E-state index contributed by atoms with van der Waals surface area (Å²) in [4.78, 5) is 33.9. The Kier molecular flexibility index (Phi) is 7.23. The highest BCUT2D eigenvalue weighted by atomic mass is 16.5. The van der Waals surface area contributed by atoms with Crippen molar-refractivity contribution in [3.8, 4) is 11.5 Å². The maximum atomic E-state index is 13.3. The number of imidazole rings is 1. The fraction of sp³-hybridized carbons (Fsp3) is 0.323. The fourth-order valence-electron chi connectivity index (χ4n) is 5.26. The molecule has 1 atom stereocenters. The number of carbonyl (C=O) groups excluding carboxylic acids is 1. The Balaban J connectivity index is 1.12. The fourth-order valence-corrected chi connectivity index (χ4v) is 5.26. The third kappa shape index (κ3) is 5.57. The summed E-state index contributed by atoms with van der Waals surface area (Å²) in [5.74, 6) is 1.30. The Morgan fingerprint density at radius 1 is 0.975 bits per heavy atom. The minimum absolute atomic E-state index is 0.00934. The van der Waals surface area contributed by atoms with Crippen molar-refractivity contribution in [1.29, 1.82) is 0 Å². The first-order valence-corrected chi connectivity index (χ1v) is 13.6. The molecule has 0 unspecified atom stereocenters. The molecule has 2 saturated heterocycles. The second-order valence-electron chi connectivity index (χ2n) is 10.4. The summed E-state index contributed by atoms with van der Waals surface area (Å²) in [7, 11) is 0. The molecule has 0 radical (unpaired) electrons. The van der Waals surface area contributed by atoms with E-state index in [2.05, 4.69) is 9.47 Å². The average Bonchev–Trinajstić information content (AvgIpc) is 3.26. The zero-order chi connectivity index (χ0) is 27.6. The summed E-state index contributed by atoms with van der Waals surface area (Å²) in [5, 5.41) is 9.48. The van der Waals surface area contributed by atoms with Gasteiger partial charge in [0.2, 0.25) is 0 Å². The van der Waals surface area contributed by atoms with Crippen molar-refractivity contribution in [2.75, 3.05) is 32.8 Å². The van der Waals surface area contributed by atoms with E-state index in [9.17, 15) is 14.7 Å². The number of amides is 1. The molecular formula is C31H32N4O5. The maximum Gasteiger partial charge on any atom is 0.335 e. The van der Waals surface area contributed by atoms with Gasteiger partial charge in [-0.2, -0.15) is 0 Å². The Bertz CT molecular complexity index is 1550. The summed E-state index contributed by atoms with van der Waals surface area (Å²) in [5.41, 5.74) is 3.55. The van der Waals surface area contributed by atoms with Gasteiger partial charge in [0.15, 0.2) is 0 Å². The molecule has 6 rings (SSSR count). The number of rotatable bonds is 8. The van der Waals surface area contributed by atoms with E-state index in [1.165, 1.54) is 0 Å². The number of hydrogen-bond acceptors (Lipinski definition) is 6. The SMILES string of the molecule is Cc1cccc(Oc2cccc(C(=O)N3CCN(Cc4nc5ccc(C(=O)O)cc5n4C[C@@H]4CCO4)CC3)c2)c1. The van der Waals surface area contributed by atoms with Crippen LogP contribution in [-0.2, 0) is 17.8 Å². The first-order valence-electron chi connectivity index (χ1n) is 13.6. The molecule has 9 nitrogen and oxygen atoms in total. The maximum absolute atomic E-state index is 13.3. The van der Waals surface area contributed by atoms with Crippen molar-refractivity contribution in [2.24, 2.45) is 0 Å². The Labute approximate surface area is 232 Å². The van der Waals surface area contributed by atoms with Crippen molar-refractivity contribution >= 4 is 22.9 Å². The van der Waals surface area contributed by atoms with E-state index in [0.29, 0.717) is 50.6 Å². The summed E-state index contributed by atoms with van der Waals surface area (Å²) in [6.45, 7) is 6.68. The molecule has 2 fully saturated rings. The number of ether oxygens (including phenoxy) is 2. The number of hydrogen-bond donors (Lipinski definition) is 1. The predicted octanol–water partition coefficient (Wildman–Crippen LogP) is 4.58. The summed E-state index contributed by atoms with van der Waals surface area (Å²) < 4.78 is 13.8. The number of fused-ring (bicyclic) bond motifs is 1. The number of carboxylic acid groups (broad SMARTS) is 1. The van der Waals surface area contributed by atoms with Gasteiger partial charge in [0, 0.05) is 38.3 Å². The molecule has 0 aliphatic carbocycles. The monoisotopic (exact) mass is 540 g/mol. The van der Waals surface area contributed by atoms with Crippen molar-refractivity contribution in [3.05, 3.63) is 89.2 Å². The lowest BCUT2D eigenvalue weighted by Gasteiger charge is -2.35. The van der Waals surface area contributed by atoms with Crippen LogP contribution in [0.2, 0.25) is 0 Å². The van der Waals surface area contributed by atoms with E-state index in [0.717, 1.165) is 41.2 Å². The van der Waals surface area contributed by atoms with Gasteiger partial charge in [-0.15, -0.1) is 0 Å². The highest BCUT2D eigenvalue weighted by Gasteiger charge is 2.26. The van der Waals surface area contributed by atoms with Crippen LogP contribution < -0.4 is 4.74 Å². The number of aryl methyl sites for hydroxylation is 1. The van der Waals surface area contributed by atoms with Crippen LogP contribution in [0.1, 0.15) is 38.5 Å². The van der Waals surface area contributed by atoms with Crippen molar-refractivity contribution in [2.45, 2.75) is 32.5 Å². The zero-order valence-electron chi connectivity index (χ0n) is 22.5. The van der Waals surface area contributed by atoms with Crippen LogP contribution in [0.4, 0.5) is 0 Å². The minimum Gasteiger partial charge on any atom is -0.478 e. The van der Waals surface area contributed by atoms with Gasteiger partial charge in [-0.3, -0.25) is 9.69 Å². The van der Waals surface area contributed by atoms with Crippen molar-refractivity contribution < 1.29 is 24.2 Å². The number of carboxylic acids is 1. The minimum atomic E-state index is -0.954. The van der Waals surface area contributed by atoms with E-state index < -0.39 is 5.97 Å². The van der Waals surface area contributed by atoms with E-state index in [1.54, 1.807) is 24.3 Å².